The minimum absolute atomic E-state index is 0. The molecule has 3 atom stereocenters. The van der Waals surface area contributed by atoms with E-state index >= 15 is 0 Å². The van der Waals surface area contributed by atoms with Crippen molar-refractivity contribution in [2.45, 2.75) is 58.6 Å². The first kappa shape index (κ1) is 26.2. The molecule has 2 N–H and O–H groups in total. The lowest BCUT2D eigenvalue weighted by atomic mass is 9.89. The molecule has 0 bridgehead atoms. The molecule has 6 heteroatoms. The molecule has 1 aromatic rings. The normalized spacial score (nSPS) is 20.8. The van der Waals surface area contributed by atoms with Gasteiger partial charge in [-0.05, 0) is 57.8 Å². The lowest BCUT2D eigenvalue weighted by Gasteiger charge is -2.33. The van der Waals surface area contributed by atoms with E-state index < -0.39 is 0 Å². The van der Waals surface area contributed by atoms with Crippen molar-refractivity contribution in [3.8, 4) is 0 Å². The van der Waals surface area contributed by atoms with Crippen LogP contribution in [0.3, 0.4) is 0 Å². The van der Waals surface area contributed by atoms with Gasteiger partial charge < -0.3 is 20.3 Å². The molecular weight excluding hydrogens is 475 g/mol. The molecular formula is C23H41IN4O. The zero-order valence-corrected chi connectivity index (χ0v) is 21.0. The van der Waals surface area contributed by atoms with Crippen molar-refractivity contribution >= 4 is 29.9 Å². The summed E-state index contributed by atoms with van der Waals surface area (Å²) < 4.78 is 6.12. The van der Waals surface area contributed by atoms with E-state index in [1.807, 2.05) is 7.05 Å². The van der Waals surface area contributed by atoms with Crippen LogP contribution in [0.2, 0.25) is 0 Å². The van der Waals surface area contributed by atoms with Crippen molar-refractivity contribution in [3.05, 3.63) is 35.9 Å². The largest absolute Gasteiger partial charge is 0.373 e. The zero-order chi connectivity index (χ0) is 20.2. The predicted octanol–water partition coefficient (Wildman–Crippen LogP) is 4.45. The molecule has 1 aromatic carbocycles. The fourth-order valence-corrected chi connectivity index (χ4v) is 3.95. The molecule has 0 spiro atoms. The summed E-state index contributed by atoms with van der Waals surface area (Å²) in [5.74, 6) is 1.36. The van der Waals surface area contributed by atoms with Crippen LogP contribution in [-0.2, 0) is 4.74 Å². The second kappa shape index (κ2) is 15.0. The molecule has 1 aliphatic rings. The van der Waals surface area contributed by atoms with Gasteiger partial charge in [0, 0.05) is 32.2 Å². The summed E-state index contributed by atoms with van der Waals surface area (Å²) in [5.41, 5.74) is 1.28. The van der Waals surface area contributed by atoms with Gasteiger partial charge in [-0.2, -0.15) is 0 Å². The molecule has 3 unspecified atom stereocenters. The average molecular weight is 517 g/mol. The van der Waals surface area contributed by atoms with Crippen LogP contribution in [0.15, 0.2) is 35.3 Å². The Morgan fingerprint density at radius 2 is 1.97 bits per heavy atom. The Bertz CT molecular complexity index is 565. The number of ether oxygens (including phenoxy) is 1. The molecule has 166 valence electrons. The highest BCUT2D eigenvalue weighted by Crippen LogP contribution is 2.33. The van der Waals surface area contributed by atoms with Gasteiger partial charge in [0.15, 0.2) is 5.96 Å². The number of benzene rings is 1. The number of halogens is 1. The molecule has 0 radical (unpaired) electrons. The Balaban J connectivity index is 0.00000420. The van der Waals surface area contributed by atoms with Crippen molar-refractivity contribution in [1.29, 1.82) is 0 Å². The van der Waals surface area contributed by atoms with Gasteiger partial charge in [0.2, 0.25) is 0 Å². The summed E-state index contributed by atoms with van der Waals surface area (Å²) >= 11 is 0. The van der Waals surface area contributed by atoms with E-state index in [0.717, 1.165) is 45.0 Å². The first-order valence-electron chi connectivity index (χ1n) is 11.0. The molecule has 0 aliphatic carbocycles. The number of guanidine groups is 1. The molecule has 0 aromatic heterocycles. The maximum atomic E-state index is 6.12. The van der Waals surface area contributed by atoms with Crippen LogP contribution in [0.4, 0.5) is 0 Å². The van der Waals surface area contributed by atoms with Gasteiger partial charge >= 0.3 is 0 Å². The Kier molecular flexibility index (Phi) is 13.6. The summed E-state index contributed by atoms with van der Waals surface area (Å²) in [6.07, 6.45) is 4.84. The summed E-state index contributed by atoms with van der Waals surface area (Å²) in [7, 11) is 1.85. The molecule has 1 heterocycles. The smallest absolute Gasteiger partial charge is 0.191 e. The fraction of sp³-hybridized carbons (Fsp3) is 0.696. The van der Waals surface area contributed by atoms with Gasteiger partial charge in [-0.1, -0.05) is 44.2 Å². The quantitative estimate of drug-likeness (QED) is 0.274. The Morgan fingerprint density at radius 1 is 1.24 bits per heavy atom. The van der Waals surface area contributed by atoms with Crippen molar-refractivity contribution in [3.63, 3.8) is 0 Å². The highest BCUT2D eigenvalue weighted by Gasteiger charge is 2.27. The van der Waals surface area contributed by atoms with Gasteiger partial charge in [0.05, 0.1) is 6.10 Å². The molecule has 5 nitrogen and oxygen atoms in total. The summed E-state index contributed by atoms with van der Waals surface area (Å²) in [5, 5.41) is 7.09. The number of nitrogens with one attached hydrogen (secondary N) is 2. The van der Waals surface area contributed by atoms with Gasteiger partial charge in [-0.15, -0.1) is 24.0 Å². The molecule has 1 fully saturated rings. The van der Waals surface area contributed by atoms with Crippen LogP contribution in [0.1, 0.15) is 58.1 Å². The third kappa shape index (κ3) is 9.22. The van der Waals surface area contributed by atoms with Gasteiger partial charge in [0.1, 0.15) is 0 Å². The summed E-state index contributed by atoms with van der Waals surface area (Å²) in [4.78, 5) is 6.91. The lowest BCUT2D eigenvalue weighted by Crippen LogP contribution is -2.45. The SMILES string of the molecule is CCN(CC)CCCC(C)NC(=NC)NCC1CCCOC1c1ccccc1.I. The lowest BCUT2D eigenvalue weighted by molar-refractivity contribution is -0.0265. The van der Waals surface area contributed by atoms with E-state index in [1.54, 1.807) is 0 Å². The molecule has 0 amide bonds. The number of nitrogens with zero attached hydrogens (tertiary/aromatic N) is 2. The second-order valence-electron chi connectivity index (χ2n) is 7.77. The van der Waals surface area contributed by atoms with Gasteiger partial charge in [-0.25, -0.2) is 0 Å². The Morgan fingerprint density at radius 3 is 2.62 bits per heavy atom. The maximum Gasteiger partial charge on any atom is 0.191 e. The maximum absolute atomic E-state index is 6.12. The van der Waals surface area contributed by atoms with E-state index in [4.69, 9.17) is 4.74 Å². The van der Waals surface area contributed by atoms with E-state index in [-0.39, 0.29) is 30.1 Å². The minimum Gasteiger partial charge on any atom is -0.373 e. The van der Waals surface area contributed by atoms with Crippen LogP contribution in [0, 0.1) is 5.92 Å². The zero-order valence-electron chi connectivity index (χ0n) is 18.7. The third-order valence-electron chi connectivity index (χ3n) is 5.72. The molecule has 2 rings (SSSR count). The van der Waals surface area contributed by atoms with E-state index in [2.05, 4.69) is 71.6 Å². The van der Waals surface area contributed by atoms with Crippen LogP contribution in [0.25, 0.3) is 0 Å². The Hall–Kier alpha value is -0.860. The monoisotopic (exact) mass is 516 g/mol. The van der Waals surface area contributed by atoms with Crippen LogP contribution < -0.4 is 10.6 Å². The number of hydrogen-bond acceptors (Lipinski definition) is 3. The van der Waals surface area contributed by atoms with Crippen LogP contribution in [0.5, 0.6) is 0 Å². The van der Waals surface area contributed by atoms with Gasteiger partial charge in [-0.3, -0.25) is 4.99 Å². The van der Waals surface area contributed by atoms with Crippen LogP contribution in [-0.4, -0.2) is 56.7 Å². The van der Waals surface area contributed by atoms with E-state index in [1.165, 1.54) is 24.9 Å². The standard InChI is InChI=1S/C23H40N4O.HI/c1-5-27(6-2)16-10-12-19(3)26-23(24-4)25-18-21-15-11-17-28-22(21)20-13-8-7-9-14-20;/h7-9,13-14,19,21-22H,5-6,10-12,15-18H2,1-4H3,(H2,24,25,26);1H. The molecule has 1 aliphatic heterocycles. The van der Waals surface area contributed by atoms with Crippen molar-refractivity contribution < 1.29 is 4.74 Å². The van der Waals surface area contributed by atoms with Crippen molar-refractivity contribution in [2.75, 3.05) is 39.8 Å². The van der Waals surface area contributed by atoms with Gasteiger partial charge in [0.25, 0.3) is 0 Å². The number of rotatable bonds is 10. The first-order valence-corrected chi connectivity index (χ1v) is 11.0. The molecule has 29 heavy (non-hydrogen) atoms. The Labute approximate surface area is 195 Å². The van der Waals surface area contributed by atoms with Crippen LogP contribution >= 0.6 is 24.0 Å². The minimum atomic E-state index is 0. The number of aliphatic imine (C=N–C) groups is 1. The predicted molar refractivity (Wildman–Crippen MR) is 134 cm³/mol. The highest BCUT2D eigenvalue weighted by atomic mass is 127. The number of hydrogen-bond donors (Lipinski definition) is 2. The molecule has 0 saturated carbocycles. The second-order valence-corrected chi connectivity index (χ2v) is 7.77. The fourth-order valence-electron chi connectivity index (χ4n) is 3.95. The van der Waals surface area contributed by atoms with E-state index in [0.29, 0.717) is 12.0 Å². The molecule has 1 saturated heterocycles. The summed E-state index contributed by atoms with van der Waals surface area (Å²) in [6, 6.07) is 11.0. The summed E-state index contributed by atoms with van der Waals surface area (Å²) in [6.45, 7) is 11.9. The highest BCUT2D eigenvalue weighted by molar-refractivity contribution is 14.0. The average Bonchev–Trinajstić information content (AvgIpc) is 2.75. The van der Waals surface area contributed by atoms with Crippen molar-refractivity contribution in [1.82, 2.24) is 15.5 Å². The first-order chi connectivity index (χ1) is 13.7. The van der Waals surface area contributed by atoms with Crippen molar-refractivity contribution in [2.24, 2.45) is 10.9 Å². The van der Waals surface area contributed by atoms with E-state index in [9.17, 15) is 0 Å². The third-order valence-corrected chi connectivity index (χ3v) is 5.72. The topological polar surface area (TPSA) is 48.9 Å².